The summed E-state index contributed by atoms with van der Waals surface area (Å²) in [5.74, 6) is 0.629. The number of ether oxygens (including phenoxy) is 4. The maximum atomic E-state index is 12.5. The molecule has 1 aliphatic heterocycles. The lowest BCUT2D eigenvalue weighted by Crippen LogP contribution is -2.21. The van der Waals surface area contributed by atoms with Crippen molar-refractivity contribution in [2.75, 3.05) is 7.11 Å². The summed E-state index contributed by atoms with van der Waals surface area (Å²) < 4.78 is 22.9. The molecule has 1 atom stereocenters. The topological polar surface area (TPSA) is 104 Å². The van der Waals surface area contributed by atoms with Crippen molar-refractivity contribution in [2.24, 2.45) is 5.73 Å². The van der Waals surface area contributed by atoms with Gasteiger partial charge in [0.05, 0.1) is 19.4 Å². The van der Waals surface area contributed by atoms with E-state index in [4.69, 9.17) is 47.9 Å². The minimum absolute atomic E-state index is 0.0346. The Morgan fingerprint density at radius 2 is 1.78 bits per heavy atom. The lowest BCUT2D eigenvalue weighted by Gasteiger charge is -2.27. The minimum Gasteiger partial charge on any atom is -0.493 e. The van der Waals surface area contributed by atoms with Gasteiger partial charge >= 0.3 is 5.97 Å². The number of fused-ring (bicyclic) bond motifs is 1. The number of nitrogens with zero attached hydrogens (tertiary/aromatic N) is 1. The van der Waals surface area contributed by atoms with Crippen molar-refractivity contribution in [3.05, 3.63) is 129 Å². The Kier molecular flexibility index (Phi) is 8.34. The van der Waals surface area contributed by atoms with Crippen molar-refractivity contribution in [1.82, 2.24) is 0 Å². The molecular formula is C32H24Cl2N2O5. The monoisotopic (exact) mass is 586 g/mol. The predicted molar refractivity (Wildman–Crippen MR) is 155 cm³/mol. The van der Waals surface area contributed by atoms with Crippen LogP contribution in [0.25, 0.3) is 0 Å². The summed E-state index contributed by atoms with van der Waals surface area (Å²) in [5, 5.41) is 11.1. The van der Waals surface area contributed by atoms with Crippen LogP contribution in [0.5, 0.6) is 23.0 Å². The molecule has 0 spiro atoms. The van der Waals surface area contributed by atoms with Crippen LogP contribution in [-0.4, -0.2) is 13.1 Å². The molecule has 9 heteroatoms. The first-order valence-corrected chi connectivity index (χ1v) is 13.3. The van der Waals surface area contributed by atoms with Gasteiger partial charge in [0.1, 0.15) is 29.7 Å². The number of carbonyl (C=O) groups excluding carboxylic acids is 1. The van der Waals surface area contributed by atoms with Crippen LogP contribution >= 0.6 is 23.2 Å². The number of hydrogen-bond acceptors (Lipinski definition) is 7. The molecule has 5 rings (SSSR count). The second-order valence-corrected chi connectivity index (χ2v) is 10.0. The Hall–Kier alpha value is -4.64. The third kappa shape index (κ3) is 6.25. The first-order chi connectivity index (χ1) is 19.9. The second kappa shape index (κ2) is 12.3. The number of hydrogen-bond donors (Lipinski definition) is 1. The highest BCUT2D eigenvalue weighted by Gasteiger charge is 2.32. The van der Waals surface area contributed by atoms with Gasteiger partial charge in [0.15, 0.2) is 11.5 Å². The quantitative estimate of drug-likeness (QED) is 0.176. The van der Waals surface area contributed by atoms with Crippen molar-refractivity contribution in [1.29, 1.82) is 5.26 Å². The van der Waals surface area contributed by atoms with Crippen LogP contribution < -0.4 is 24.7 Å². The standard InChI is InChI=1S/C32H24Cl2N2O5/c1-38-29-15-20(8-13-27(29)39-18-21-4-2-3-5-26(21)34)31-24-12-11-23(16-28(24)41-32(36)25(31)17-35)40-30(37)14-19-6-9-22(33)10-7-19/h2-13,15-16,31H,14,18,36H2,1H3. The van der Waals surface area contributed by atoms with Crippen molar-refractivity contribution >= 4 is 29.2 Å². The van der Waals surface area contributed by atoms with Crippen molar-refractivity contribution in [3.8, 4) is 29.1 Å². The SMILES string of the molecule is COc1cc(C2C(C#N)=C(N)Oc3cc(OC(=O)Cc4ccc(Cl)cc4)ccc32)ccc1OCc1ccccc1Cl. The van der Waals surface area contributed by atoms with Gasteiger partial charge in [-0.3, -0.25) is 4.79 Å². The molecule has 0 saturated carbocycles. The van der Waals surface area contributed by atoms with E-state index in [1.165, 1.54) is 0 Å². The van der Waals surface area contributed by atoms with E-state index >= 15 is 0 Å². The zero-order valence-electron chi connectivity index (χ0n) is 21.9. The predicted octanol–water partition coefficient (Wildman–Crippen LogP) is 6.95. The number of methoxy groups -OCH3 is 1. The lowest BCUT2D eigenvalue weighted by atomic mass is 9.83. The number of allylic oxidation sites excluding steroid dienone is 1. The molecule has 0 saturated heterocycles. The van der Waals surface area contributed by atoms with E-state index in [2.05, 4.69) is 6.07 Å². The first kappa shape index (κ1) is 27.9. The Morgan fingerprint density at radius 3 is 2.51 bits per heavy atom. The van der Waals surface area contributed by atoms with Crippen molar-refractivity contribution in [2.45, 2.75) is 18.9 Å². The zero-order valence-corrected chi connectivity index (χ0v) is 23.4. The normalized spacial score (nSPS) is 14.0. The number of rotatable bonds is 8. The van der Waals surface area contributed by atoms with Gasteiger partial charge in [0.25, 0.3) is 0 Å². The summed E-state index contributed by atoms with van der Waals surface area (Å²) in [7, 11) is 1.54. The molecule has 1 unspecified atom stereocenters. The summed E-state index contributed by atoms with van der Waals surface area (Å²) in [6.45, 7) is 0.255. The zero-order chi connectivity index (χ0) is 28.9. The molecule has 0 radical (unpaired) electrons. The van der Waals surface area contributed by atoms with Crippen LogP contribution in [0.15, 0.2) is 96.4 Å². The summed E-state index contributed by atoms with van der Waals surface area (Å²) >= 11 is 12.2. The molecule has 0 aliphatic carbocycles. The summed E-state index contributed by atoms with van der Waals surface area (Å²) in [4.78, 5) is 12.5. The smallest absolute Gasteiger partial charge is 0.315 e. The average molecular weight is 587 g/mol. The molecule has 4 aromatic rings. The average Bonchev–Trinajstić information content (AvgIpc) is 2.97. The summed E-state index contributed by atoms with van der Waals surface area (Å²) in [5.41, 5.74) is 9.45. The Morgan fingerprint density at radius 1 is 1.00 bits per heavy atom. The Bertz CT molecular complexity index is 1680. The minimum atomic E-state index is -0.547. The van der Waals surface area contributed by atoms with Crippen molar-refractivity contribution in [3.63, 3.8) is 0 Å². The highest BCUT2D eigenvalue weighted by molar-refractivity contribution is 6.31. The number of nitriles is 1. The van der Waals surface area contributed by atoms with E-state index in [1.807, 2.05) is 24.3 Å². The maximum Gasteiger partial charge on any atom is 0.315 e. The molecule has 41 heavy (non-hydrogen) atoms. The van der Waals surface area contributed by atoms with Crippen LogP contribution in [0.4, 0.5) is 0 Å². The Labute approximate surface area is 247 Å². The van der Waals surface area contributed by atoms with E-state index in [0.29, 0.717) is 32.9 Å². The van der Waals surface area contributed by atoms with Gasteiger partial charge in [-0.15, -0.1) is 0 Å². The largest absolute Gasteiger partial charge is 0.493 e. The van der Waals surface area contributed by atoms with E-state index in [1.54, 1.807) is 67.8 Å². The van der Waals surface area contributed by atoms with E-state index in [0.717, 1.165) is 16.7 Å². The third-order valence-corrected chi connectivity index (χ3v) is 7.17. The molecule has 0 fully saturated rings. The first-order valence-electron chi connectivity index (χ1n) is 12.6. The van der Waals surface area contributed by atoms with Gasteiger partial charge in [-0.05, 0) is 47.5 Å². The molecule has 206 valence electrons. The van der Waals surface area contributed by atoms with Gasteiger partial charge in [-0.1, -0.05) is 65.7 Å². The number of carbonyl (C=O) groups is 1. The Balaban J connectivity index is 1.40. The highest BCUT2D eigenvalue weighted by Crippen LogP contribution is 2.45. The number of nitrogens with two attached hydrogens (primary N) is 1. The van der Waals surface area contributed by atoms with Gasteiger partial charge in [0, 0.05) is 27.2 Å². The van der Waals surface area contributed by atoms with E-state index < -0.39 is 11.9 Å². The number of halogens is 2. The van der Waals surface area contributed by atoms with Crippen LogP contribution in [0.1, 0.15) is 28.2 Å². The van der Waals surface area contributed by atoms with Crippen LogP contribution in [0.2, 0.25) is 10.0 Å². The summed E-state index contributed by atoms with van der Waals surface area (Å²) in [6, 6.07) is 27.0. The van der Waals surface area contributed by atoms with Crippen molar-refractivity contribution < 1.29 is 23.7 Å². The van der Waals surface area contributed by atoms with E-state index in [9.17, 15) is 10.1 Å². The molecule has 1 aliphatic rings. The van der Waals surface area contributed by atoms with E-state index in [-0.39, 0.29) is 30.2 Å². The molecule has 4 aromatic carbocycles. The van der Waals surface area contributed by atoms with Gasteiger partial charge in [0.2, 0.25) is 5.88 Å². The highest BCUT2D eigenvalue weighted by atomic mass is 35.5. The summed E-state index contributed by atoms with van der Waals surface area (Å²) in [6.07, 6.45) is 0.0725. The molecule has 0 bridgehead atoms. The molecule has 0 amide bonds. The molecular weight excluding hydrogens is 563 g/mol. The molecule has 2 N–H and O–H groups in total. The fourth-order valence-corrected chi connectivity index (χ4v) is 4.85. The van der Waals surface area contributed by atoms with Gasteiger partial charge in [-0.25, -0.2) is 0 Å². The fourth-order valence-electron chi connectivity index (χ4n) is 4.53. The molecule has 1 heterocycles. The second-order valence-electron chi connectivity index (χ2n) is 9.19. The molecule has 0 aromatic heterocycles. The molecule has 7 nitrogen and oxygen atoms in total. The maximum absolute atomic E-state index is 12.5. The van der Waals surface area contributed by atoms with Crippen LogP contribution in [-0.2, 0) is 17.8 Å². The fraction of sp³-hybridized carbons (Fsp3) is 0.125. The van der Waals surface area contributed by atoms with Crippen LogP contribution in [0.3, 0.4) is 0 Å². The number of esters is 1. The third-order valence-electron chi connectivity index (χ3n) is 6.55. The van der Waals surface area contributed by atoms with Crippen LogP contribution in [0, 0.1) is 11.3 Å². The number of benzene rings is 4. The van der Waals surface area contributed by atoms with Gasteiger partial charge in [-0.2, -0.15) is 5.26 Å². The van der Waals surface area contributed by atoms with Gasteiger partial charge < -0.3 is 24.7 Å². The lowest BCUT2D eigenvalue weighted by molar-refractivity contribution is -0.133.